The average Bonchev–Trinajstić information content (AvgIpc) is 2.55. The molecule has 0 radical (unpaired) electrons. The Hall–Kier alpha value is -2.49. The lowest BCUT2D eigenvalue weighted by atomic mass is 10.0. The normalized spacial score (nSPS) is 19.3. The molecule has 1 heterocycles. The molecular weight excluding hydrogens is 354 g/mol. The number of rotatable bonds is 5. The summed E-state index contributed by atoms with van der Waals surface area (Å²) in [5, 5.41) is 33.7. The van der Waals surface area contributed by atoms with Gasteiger partial charge in [-0.2, -0.15) is 0 Å². The van der Waals surface area contributed by atoms with Gasteiger partial charge in [-0.3, -0.25) is 15.1 Å². The lowest BCUT2D eigenvalue weighted by Crippen LogP contribution is -2.38. The zero-order chi connectivity index (χ0) is 18.6. The summed E-state index contributed by atoms with van der Waals surface area (Å²) in [6, 6.07) is 3.37. The highest BCUT2D eigenvalue weighted by molar-refractivity contribution is 6.33. The van der Waals surface area contributed by atoms with Crippen molar-refractivity contribution in [2.45, 2.75) is 13.2 Å². The van der Waals surface area contributed by atoms with Crippen LogP contribution in [0.15, 0.2) is 28.8 Å². The highest BCUT2D eigenvalue weighted by Crippen LogP contribution is 2.29. The summed E-state index contributed by atoms with van der Waals surface area (Å²) in [4.78, 5) is 26.0. The number of carbonyl (C=O) groups is 1. The smallest absolute Gasteiger partial charge is 0.341 e. The Morgan fingerprint density at radius 1 is 1.48 bits per heavy atom. The molecule has 0 spiro atoms. The van der Waals surface area contributed by atoms with Gasteiger partial charge in [0.15, 0.2) is 6.23 Å². The van der Waals surface area contributed by atoms with Crippen LogP contribution in [0.2, 0.25) is 5.02 Å². The van der Waals surface area contributed by atoms with E-state index in [0.717, 1.165) is 12.1 Å². The largest absolute Gasteiger partial charge is 0.506 e. The molecule has 1 aromatic carbocycles. The van der Waals surface area contributed by atoms with Crippen LogP contribution >= 0.6 is 11.6 Å². The van der Waals surface area contributed by atoms with E-state index in [0.29, 0.717) is 19.7 Å². The quantitative estimate of drug-likeness (QED) is 0.237. The molecule has 10 heteroatoms. The van der Waals surface area contributed by atoms with Crippen molar-refractivity contribution in [3.05, 3.63) is 44.5 Å². The number of hydrogen-bond donors (Lipinski definition) is 3. The maximum absolute atomic E-state index is 11.6. The first-order chi connectivity index (χ1) is 11.8. The van der Waals surface area contributed by atoms with Crippen molar-refractivity contribution in [2.24, 2.45) is 4.99 Å². The minimum absolute atomic E-state index is 0.0151. The van der Waals surface area contributed by atoms with Crippen molar-refractivity contribution in [1.82, 2.24) is 5.32 Å². The van der Waals surface area contributed by atoms with E-state index < -0.39 is 28.5 Å². The second-order valence-corrected chi connectivity index (χ2v) is 5.60. The summed E-state index contributed by atoms with van der Waals surface area (Å²) in [5.41, 5.74) is -0.978. The fourth-order valence-electron chi connectivity index (χ4n) is 2.29. The van der Waals surface area contributed by atoms with E-state index in [1.54, 1.807) is 0 Å². The maximum atomic E-state index is 11.6. The third-order valence-corrected chi connectivity index (χ3v) is 3.80. The Morgan fingerprint density at radius 3 is 2.76 bits per heavy atom. The lowest BCUT2D eigenvalue weighted by molar-refractivity contribution is -0.384. The van der Waals surface area contributed by atoms with Gasteiger partial charge in [0.05, 0.1) is 22.3 Å². The van der Waals surface area contributed by atoms with Crippen molar-refractivity contribution in [1.29, 1.82) is 0 Å². The Morgan fingerprint density at radius 2 is 2.20 bits per heavy atom. The molecule has 1 aliphatic heterocycles. The SMILES string of the molecule is CC(=NC1CNCCO1)C(C(=O)O)=C(O)c1cc([N+](=O)[O-])ccc1Cl. The summed E-state index contributed by atoms with van der Waals surface area (Å²) in [5.74, 6) is -2.14. The molecule has 1 fully saturated rings. The number of morpholine rings is 1. The number of halogens is 1. The summed E-state index contributed by atoms with van der Waals surface area (Å²) in [7, 11) is 0. The number of aliphatic hydroxyl groups is 1. The minimum Gasteiger partial charge on any atom is -0.506 e. The number of ether oxygens (including phenoxy) is 1. The van der Waals surface area contributed by atoms with Gasteiger partial charge in [-0.1, -0.05) is 11.6 Å². The molecule has 0 aliphatic carbocycles. The highest BCUT2D eigenvalue weighted by Gasteiger charge is 2.23. The lowest BCUT2D eigenvalue weighted by Gasteiger charge is -2.21. The zero-order valence-corrected chi connectivity index (χ0v) is 14.0. The predicted octanol–water partition coefficient (Wildman–Crippen LogP) is 2.01. The molecule has 3 N–H and O–H groups in total. The molecule has 0 saturated carbocycles. The number of carboxylic acid groups (broad SMARTS) is 1. The van der Waals surface area contributed by atoms with Gasteiger partial charge in [0.1, 0.15) is 11.3 Å². The fourth-order valence-corrected chi connectivity index (χ4v) is 2.49. The van der Waals surface area contributed by atoms with E-state index in [1.165, 1.54) is 13.0 Å². The van der Waals surface area contributed by atoms with Crippen LogP contribution in [0.25, 0.3) is 5.76 Å². The molecule has 134 valence electrons. The van der Waals surface area contributed by atoms with Crippen molar-refractivity contribution >= 4 is 34.7 Å². The zero-order valence-electron chi connectivity index (χ0n) is 13.2. The van der Waals surface area contributed by atoms with E-state index in [1.807, 2.05) is 0 Å². The summed E-state index contributed by atoms with van der Waals surface area (Å²) in [6.45, 7) is 2.91. The number of nitro benzene ring substituents is 1. The van der Waals surface area contributed by atoms with E-state index in [2.05, 4.69) is 10.3 Å². The van der Waals surface area contributed by atoms with Gasteiger partial charge in [0.2, 0.25) is 0 Å². The van der Waals surface area contributed by atoms with Gasteiger partial charge >= 0.3 is 5.97 Å². The van der Waals surface area contributed by atoms with Crippen LogP contribution in [0.5, 0.6) is 0 Å². The second kappa shape index (κ2) is 8.06. The van der Waals surface area contributed by atoms with E-state index >= 15 is 0 Å². The van der Waals surface area contributed by atoms with Gasteiger partial charge in [-0.05, 0) is 13.0 Å². The highest BCUT2D eigenvalue weighted by atomic mass is 35.5. The van der Waals surface area contributed by atoms with Crippen molar-refractivity contribution in [3.63, 3.8) is 0 Å². The molecule has 1 unspecified atom stereocenters. The Labute approximate surface area is 147 Å². The monoisotopic (exact) mass is 369 g/mol. The summed E-state index contributed by atoms with van der Waals surface area (Å²) >= 11 is 5.96. The molecule has 1 saturated heterocycles. The maximum Gasteiger partial charge on any atom is 0.341 e. The van der Waals surface area contributed by atoms with Gasteiger partial charge in [0.25, 0.3) is 5.69 Å². The van der Waals surface area contributed by atoms with E-state index in [-0.39, 0.29) is 22.0 Å². The van der Waals surface area contributed by atoms with Crippen LogP contribution in [-0.4, -0.2) is 52.7 Å². The fraction of sp³-hybridized carbons (Fsp3) is 0.333. The number of nitrogens with one attached hydrogen (secondary N) is 1. The molecule has 25 heavy (non-hydrogen) atoms. The minimum atomic E-state index is -1.44. The number of nitrogens with zero attached hydrogens (tertiary/aromatic N) is 2. The Balaban J connectivity index is 2.50. The molecule has 0 amide bonds. The number of hydrogen-bond acceptors (Lipinski definition) is 7. The van der Waals surface area contributed by atoms with Crippen molar-refractivity contribution in [2.75, 3.05) is 19.7 Å². The van der Waals surface area contributed by atoms with Crippen LogP contribution in [0.1, 0.15) is 12.5 Å². The van der Waals surface area contributed by atoms with Crippen LogP contribution in [0.4, 0.5) is 5.69 Å². The number of carboxylic acids is 1. The van der Waals surface area contributed by atoms with Crippen molar-refractivity contribution in [3.8, 4) is 0 Å². The molecule has 0 aromatic heterocycles. The third-order valence-electron chi connectivity index (χ3n) is 3.47. The molecule has 1 atom stereocenters. The molecular formula is C15H16ClN3O6. The number of benzene rings is 1. The van der Waals surface area contributed by atoms with Crippen LogP contribution in [-0.2, 0) is 9.53 Å². The van der Waals surface area contributed by atoms with E-state index in [9.17, 15) is 25.1 Å². The van der Waals surface area contributed by atoms with Crippen molar-refractivity contribution < 1.29 is 24.7 Å². The van der Waals surface area contributed by atoms with Gasteiger partial charge < -0.3 is 20.3 Å². The third kappa shape index (κ3) is 4.53. The molecule has 1 aliphatic rings. The molecule has 1 aromatic rings. The number of aliphatic carboxylic acids is 1. The first-order valence-corrected chi connectivity index (χ1v) is 7.67. The topological polar surface area (TPSA) is 134 Å². The van der Waals surface area contributed by atoms with Crippen LogP contribution < -0.4 is 5.32 Å². The first-order valence-electron chi connectivity index (χ1n) is 7.29. The van der Waals surface area contributed by atoms with E-state index in [4.69, 9.17) is 16.3 Å². The summed E-state index contributed by atoms with van der Waals surface area (Å²) in [6.07, 6.45) is -0.587. The standard InChI is InChI=1S/C15H16ClN3O6/c1-8(18-12-7-17-4-5-25-12)13(15(21)22)14(20)10-6-9(19(23)24)2-3-11(10)16/h2-3,6,12,17,20H,4-5,7H2,1H3,(H,21,22). The number of non-ortho nitro benzene ring substituents is 1. The van der Waals surface area contributed by atoms with Gasteiger partial charge in [-0.25, -0.2) is 4.79 Å². The first kappa shape index (κ1) is 18.8. The van der Waals surface area contributed by atoms with Gasteiger partial charge in [-0.15, -0.1) is 0 Å². The average molecular weight is 370 g/mol. The molecule has 0 bridgehead atoms. The van der Waals surface area contributed by atoms with Crippen LogP contribution in [0.3, 0.4) is 0 Å². The molecule has 9 nitrogen and oxygen atoms in total. The molecule has 2 rings (SSSR count). The Bertz CT molecular complexity index is 756. The number of aliphatic imine (C=N–C) groups is 1. The predicted molar refractivity (Wildman–Crippen MR) is 91.0 cm³/mol. The number of aliphatic hydroxyl groups excluding tert-OH is 1. The van der Waals surface area contributed by atoms with Gasteiger partial charge in [0, 0.05) is 30.8 Å². The number of nitro groups is 1. The second-order valence-electron chi connectivity index (χ2n) is 5.19. The van der Waals surface area contributed by atoms with Crippen LogP contribution in [0, 0.1) is 10.1 Å². The summed E-state index contributed by atoms with van der Waals surface area (Å²) < 4.78 is 5.38. The Kier molecular flexibility index (Phi) is 6.07.